The maximum atomic E-state index is 10.7. The molecule has 0 atom stereocenters. The number of nitrogens with zero attached hydrogens (tertiary/aromatic N) is 2. The van der Waals surface area contributed by atoms with Crippen LogP contribution in [0.4, 0.5) is 5.69 Å². The number of non-ortho nitro benzene ring substituents is 1. The molecule has 0 radical (unpaired) electrons. The van der Waals surface area contributed by atoms with Crippen LogP contribution in [-0.4, -0.2) is 22.3 Å². The highest BCUT2D eigenvalue weighted by molar-refractivity contribution is 7.80. The normalized spacial score (nSPS) is 14.6. The van der Waals surface area contributed by atoms with Crippen LogP contribution in [0.15, 0.2) is 53.6 Å². The Hall–Kier alpha value is -3.00. The van der Waals surface area contributed by atoms with Gasteiger partial charge in [0.25, 0.3) is 5.69 Å². The molecule has 1 aliphatic carbocycles. The SMILES string of the molecule is O=[N+]([O-])c1ccc(Oc2ccc(/C=N/NC(=S)NC3CCCCC3)cc2)cc1. The van der Waals surface area contributed by atoms with Crippen LogP contribution in [0, 0.1) is 10.1 Å². The van der Waals surface area contributed by atoms with Crippen LogP contribution >= 0.6 is 12.2 Å². The predicted octanol–water partition coefficient (Wildman–Crippen LogP) is 4.52. The Kier molecular flexibility index (Phi) is 6.91. The van der Waals surface area contributed by atoms with Crippen LogP contribution in [0.2, 0.25) is 0 Å². The predicted molar refractivity (Wildman–Crippen MR) is 113 cm³/mol. The van der Waals surface area contributed by atoms with Crippen LogP contribution in [0.1, 0.15) is 37.7 Å². The quantitative estimate of drug-likeness (QED) is 0.322. The topological polar surface area (TPSA) is 88.8 Å². The lowest BCUT2D eigenvalue weighted by molar-refractivity contribution is -0.384. The van der Waals surface area contributed by atoms with E-state index in [1.54, 1.807) is 30.5 Å². The maximum absolute atomic E-state index is 10.7. The van der Waals surface area contributed by atoms with Crippen molar-refractivity contribution < 1.29 is 9.66 Å². The molecule has 3 rings (SSSR count). The van der Waals surface area contributed by atoms with Gasteiger partial charge in [-0.15, -0.1) is 0 Å². The van der Waals surface area contributed by atoms with E-state index in [1.807, 2.05) is 12.1 Å². The smallest absolute Gasteiger partial charge is 0.269 e. The van der Waals surface area contributed by atoms with Crippen molar-refractivity contribution in [3.05, 3.63) is 64.2 Å². The van der Waals surface area contributed by atoms with Gasteiger partial charge in [0.15, 0.2) is 5.11 Å². The fraction of sp³-hybridized carbons (Fsp3) is 0.300. The summed E-state index contributed by atoms with van der Waals surface area (Å²) >= 11 is 5.27. The summed E-state index contributed by atoms with van der Waals surface area (Å²) in [6.45, 7) is 0. The average molecular weight is 398 g/mol. The van der Waals surface area contributed by atoms with Gasteiger partial charge in [0.05, 0.1) is 11.1 Å². The first-order valence-electron chi connectivity index (χ1n) is 9.22. The molecular weight excluding hydrogens is 376 g/mol. The van der Waals surface area contributed by atoms with Gasteiger partial charge in [-0.2, -0.15) is 5.10 Å². The van der Waals surface area contributed by atoms with Gasteiger partial charge in [0.2, 0.25) is 0 Å². The Morgan fingerprint density at radius 1 is 1.07 bits per heavy atom. The highest BCUT2D eigenvalue weighted by Crippen LogP contribution is 2.23. The van der Waals surface area contributed by atoms with E-state index in [9.17, 15) is 10.1 Å². The lowest BCUT2D eigenvalue weighted by Gasteiger charge is -2.23. The molecule has 2 aromatic rings. The lowest BCUT2D eigenvalue weighted by atomic mass is 9.96. The van der Waals surface area contributed by atoms with Crippen molar-refractivity contribution in [1.29, 1.82) is 0 Å². The summed E-state index contributed by atoms with van der Waals surface area (Å²) in [6.07, 6.45) is 7.80. The first-order chi connectivity index (χ1) is 13.6. The molecule has 146 valence electrons. The van der Waals surface area contributed by atoms with E-state index in [2.05, 4.69) is 15.8 Å². The van der Waals surface area contributed by atoms with E-state index in [-0.39, 0.29) is 5.69 Å². The molecule has 0 unspecified atom stereocenters. The molecule has 0 aromatic heterocycles. The monoisotopic (exact) mass is 398 g/mol. The summed E-state index contributed by atoms with van der Waals surface area (Å²) in [5, 5.41) is 18.7. The minimum Gasteiger partial charge on any atom is -0.457 e. The molecule has 28 heavy (non-hydrogen) atoms. The Morgan fingerprint density at radius 3 is 2.29 bits per heavy atom. The van der Waals surface area contributed by atoms with Crippen molar-refractivity contribution in [3.63, 3.8) is 0 Å². The van der Waals surface area contributed by atoms with E-state index in [1.165, 1.54) is 31.4 Å². The van der Waals surface area contributed by atoms with Crippen molar-refractivity contribution in [2.75, 3.05) is 0 Å². The van der Waals surface area contributed by atoms with Crippen molar-refractivity contribution in [1.82, 2.24) is 10.7 Å². The minimum absolute atomic E-state index is 0.0299. The number of benzene rings is 2. The molecule has 2 N–H and O–H groups in total. The van der Waals surface area contributed by atoms with Gasteiger partial charge in [-0.1, -0.05) is 19.3 Å². The molecule has 1 saturated carbocycles. The second-order valence-electron chi connectivity index (χ2n) is 6.60. The highest BCUT2D eigenvalue weighted by atomic mass is 32.1. The number of hydrogen-bond acceptors (Lipinski definition) is 5. The summed E-state index contributed by atoms with van der Waals surface area (Å²) in [4.78, 5) is 10.2. The van der Waals surface area contributed by atoms with Crippen LogP contribution < -0.4 is 15.5 Å². The zero-order chi connectivity index (χ0) is 19.8. The first-order valence-corrected chi connectivity index (χ1v) is 9.63. The number of ether oxygens (including phenoxy) is 1. The van der Waals surface area contributed by atoms with Crippen molar-refractivity contribution >= 4 is 29.2 Å². The van der Waals surface area contributed by atoms with Gasteiger partial charge < -0.3 is 10.1 Å². The van der Waals surface area contributed by atoms with Gasteiger partial charge in [0.1, 0.15) is 11.5 Å². The van der Waals surface area contributed by atoms with Gasteiger partial charge in [-0.3, -0.25) is 15.5 Å². The third-order valence-corrected chi connectivity index (χ3v) is 4.69. The van der Waals surface area contributed by atoms with Crippen molar-refractivity contribution in [2.45, 2.75) is 38.1 Å². The summed E-state index contributed by atoms with van der Waals surface area (Å²) in [5.74, 6) is 1.17. The maximum Gasteiger partial charge on any atom is 0.269 e. The van der Waals surface area contributed by atoms with E-state index in [0.29, 0.717) is 22.7 Å². The van der Waals surface area contributed by atoms with Crippen LogP contribution in [0.5, 0.6) is 11.5 Å². The van der Waals surface area contributed by atoms with Crippen LogP contribution in [-0.2, 0) is 0 Å². The fourth-order valence-electron chi connectivity index (χ4n) is 3.02. The molecule has 0 saturated heterocycles. The summed E-state index contributed by atoms with van der Waals surface area (Å²) < 4.78 is 5.68. The Balaban J connectivity index is 1.47. The molecular formula is C20H22N4O3S. The third-order valence-electron chi connectivity index (χ3n) is 4.48. The number of thiocarbonyl (C=S) groups is 1. The molecule has 8 heteroatoms. The van der Waals surface area contributed by atoms with Crippen molar-refractivity contribution in [2.24, 2.45) is 5.10 Å². The Labute approximate surface area is 168 Å². The molecule has 1 fully saturated rings. The number of rotatable bonds is 6. The zero-order valence-electron chi connectivity index (χ0n) is 15.3. The molecule has 0 spiro atoms. The van der Waals surface area contributed by atoms with E-state index in [0.717, 1.165) is 18.4 Å². The van der Waals surface area contributed by atoms with Gasteiger partial charge in [0, 0.05) is 18.2 Å². The summed E-state index contributed by atoms with van der Waals surface area (Å²) in [5.41, 5.74) is 3.77. The minimum atomic E-state index is -0.442. The molecule has 0 aliphatic heterocycles. The first kappa shape index (κ1) is 19.8. The molecule has 0 amide bonds. The number of nitro groups is 1. The number of nitro benzene ring substituents is 1. The van der Waals surface area contributed by atoms with Gasteiger partial charge in [-0.05, 0) is 67.0 Å². The van der Waals surface area contributed by atoms with E-state index in [4.69, 9.17) is 17.0 Å². The third kappa shape index (κ3) is 6.02. The van der Waals surface area contributed by atoms with Crippen LogP contribution in [0.25, 0.3) is 0 Å². The second kappa shape index (κ2) is 9.80. The average Bonchev–Trinajstić information content (AvgIpc) is 2.70. The summed E-state index contributed by atoms with van der Waals surface area (Å²) in [6, 6.07) is 13.7. The van der Waals surface area contributed by atoms with E-state index >= 15 is 0 Å². The largest absolute Gasteiger partial charge is 0.457 e. The highest BCUT2D eigenvalue weighted by Gasteiger charge is 2.13. The zero-order valence-corrected chi connectivity index (χ0v) is 16.2. The lowest BCUT2D eigenvalue weighted by Crippen LogP contribution is -2.40. The number of nitrogens with one attached hydrogen (secondary N) is 2. The van der Waals surface area contributed by atoms with E-state index < -0.39 is 4.92 Å². The summed E-state index contributed by atoms with van der Waals surface area (Å²) in [7, 11) is 0. The molecule has 1 aliphatic rings. The van der Waals surface area contributed by atoms with Crippen LogP contribution in [0.3, 0.4) is 0 Å². The standard InChI is InChI=1S/C20H22N4O3S/c25-24(26)17-8-12-19(13-9-17)27-18-10-6-15(7-11-18)14-21-23-20(28)22-16-4-2-1-3-5-16/h6-14,16H,1-5H2,(H2,22,23,28)/b21-14+. The molecule has 0 heterocycles. The number of hydrazone groups is 1. The molecule has 7 nitrogen and oxygen atoms in total. The number of hydrogen-bond donors (Lipinski definition) is 2. The van der Waals surface area contributed by atoms with Crippen molar-refractivity contribution in [3.8, 4) is 11.5 Å². The Bertz CT molecular complexity index is 832. The fourth-order valence-corrected chi connectivity index (χ4v) is 3.24. The molecule has 0 bridgehead atoms. The van der Waals surface area contributed by atoms with Gasteiger partial charge >= 0.3 is 0 Å². The molecule has 2 aromatic carbocycles. The second-order valence-corrected chi connectivity index (χ2v) is 7.01. The Morgan fingerprint density at radius 2 is 1.68 bits per heavy atom. The van der Waals surface area contributed by atoms with Gasteiger partial charge in [-0.25, -0.2) is 0 Å².